The molecule has 6 rings (SSSR count). The number of benzene rings is 1. The zero-order valence-electron chi connectivity index (χ0n) is 20.4. The number of ketones is 1. The van der Waals surface area contributed by atoms with Gasteiger partial charge in [-0.1, -0.05) is 18.2 Å². The Labute approximate surface area is 225 Å². The Morgan fingerprint density at radius 2 is 1.68 bits per heavy atom. The number of aryl methyl sites for hydroxylation is 1. The average Bonchev–Trinajstić information content (AvgIpc) is 3.74. The second-order valence-electron chi connectivity index (χ2n) is 8.89. The smallest absolute Gasteiger partial charge is 0.295 e. The number of H-pyrrole nitrogens is 1. The van der Waals surface area contributed by atoms with E-state index in [9.17, 15) is 14.4 Å². The molecular formula is C27H22N6O3S2. The molecule has 0 atom stereocenters. The van der Waals surface area contributed by atoms with Crippen LogP contribution in [0.2, 0.25) is 0 Å². The van der Waals surface area contributed by atoms with Crippen molar-refractivity contribution in [1.82, 2.24) is 29.7 Å². The van der Waals surface area contributed by atoms with E-state index in [1.807, 2.05) is 30.5 Å². The van der Waals surface area contributed by atoms with Gasteiger partial charge >= 0.3 is 0 Å². The summed E-state index contributed by atoms with van der Waals surface area (Å²) in [6.07, 6.45) is 6.79. The predicted molar refractivity (Wildman–Crippen MR) is 146 cm³/mol. The van der Waals surface area contributed by atoms with Gasteiger partial charge in [0.25, 0.3) is 17.6 Å². The Kier molecular flexibility index (Phi) is 6.30. The number of pyridine rings is 1. The molecule has 38 heavy (non-hydrogen) atoms. The molecule has 5 heterocycles. The molecule has 1 aromatic carbocycles. The second kappa shape index (κ2) is 9.92. The first kappa shape index (κ1) is 24.1. The lowest BCUT2D eigenvalue weighted by Gasteiger charge is -2.34. The number of amides is 2. The number of nitrogens with zero attached hydrogens (tertiary/aromatic N) is 5. The van der Waals surface area contributed by atoms with Crippen molar-refractivity contribution >= 4 is 51.2 Å². The highest BCUT2D eigenvalue weighted by atomic mass is 32.1. The zero-order chi connectivity index (χ0) is 26.2. The van der Waals surface area contributed by atoms with Crippen LogP contribution >= 0.6 is 22.7 Å². The third kappa shape index (κ3) is 4.29. The van der Waals surface area contributed by atoms with E-state index in [-0.39, 0.29) is 5.91 Å². The highest BCUT2D eigenvalue weighted by Crippen LogP contribution is 2.36. The van der Waals surface area contributed by atoms with Crippen LogP contribution in [-0.2, 0) is 4.79 Å². The van der Waals surface area contributed by atoms with E-state index < -0.39 is 11.7 Å². The molecule has 0 bridgehead atoms. The van der Waals surface area contributed by atoms with E-state index in [2.05, 4.69) is 19.9 Å². The maximum Gasteiger partial charge on any atom is 0.295 e. The van der Waals surface area contributed by atoms with Crippen LogP contribution in [0.5, 0.6) is 0 Å². The lowest BCUT2D eigenvalue weighted by molar-refractivity contribution is -0.127. The third-order valence-corrected chi connectivity index (χ3v) is 8.49. The van der Waals surface area contributed by atoms with Gasteiger partial charge in [0.05, 0.1) is 16.0 Å². The summed E-state index contributed by atoms with van der Waals surface area (Å²) in [7, 11) is 0. The summed E-state index contributed by atoms with van der Waals surface area (Å²) in [4.78, 5) is 60.0. The molecule has 2 amide bonds. The number of carbonyl (C=O) groups is 3. The van der Waals surface area contributed by atoms with E-state index in [1.165, 1.54) is 27.6 Å². The van der Waals surface area contributed by atoms with Crippen LogP contribution < -0.4 is 0 Å². The first-order valence-electron chi connectivity index (χ1n) is 12.0. The Morgan fingerprint density at radius 1 is 0.921 bits per heavy atom. The maximum absolute atomic E-state index is 13.4. The minimum absolute atomic E-state index is 0.0719. The van der Waals surface area contributed by atoms with Crippen LogP contribution in [0.4, 0.5) is 0 Å². The summed E-state index contributed by atoms with van der Waals surface area (Å²) < 4.78 is 0. The van der Waals surface area contributed by atoms with Crippen LogP contribution in [0.1, 0.15) is 26.3 Å². The molecule has 4 aromatic heterocycles. The van der Waals surface area contributed by atoms with Gasteiger partial charge in [-0.25, -0.2) is 9.97 Å². The summed E-state index contributed by atoms with van der Waals surface area (Å²) in [5, 5.41) is 4.21. The summed E-state index contributed by atoms with van der Waals surface area (Å²) in [6.45, 7) is 3.23. The lowest BCUT2D eigenvalue weighted by Crippen LogP contribution is -2.52. The van der Waals surface area contributed by atoms with Crippen molar-refractivity contribution in [3.05, 3.63) is 77.2 Å². The van der Waals surface area contributed by atoms with Crippen molar-refractivity contribution in [3.8, 4) is 20.6 Å². The molecule has 0 spiro atoms. The number of rotatable bonds is 5. The number of nitrogens with one attached hydrogen (secondary N) is 1. The molecule has 1 saturated heterocycles. The second-order valence-corrected chi connectivity index (χ2v) is 10.8. The van der Waals surface area contributed by atoms with Crippen molar-refractivity contribution in [2.24, 2.45) is 0 Å². The zero-order valence-corrected chi connectivity index (χ0v) is 22.0. The molecular weight excluding hydrogens is 520 g/mol. The quantitative estimate of drug-likeness (QED) is 0.262. The SMILES string of the molecule is Cc1cnc(-c2cnc(-c3nccs3)s2)c2[nH]cc(C(=O)C(=O)N3CCN(C(=O)c4ccccc4)CC3)c12. The Bertz CT molecular complexity index is 1650. The largest absolute Gasteiger partial charge is 0.359 e. The topological polar surface area (TPSA) is 112 Å². The predicted octanol–water partition coefficient (Wildman–Crippen LogP) is 4.29. The first-order chi connectivity index (χ1) is 18.5. The molecule has 5 aromatic rings. The first-order valence-corrected chi connectivity index (χ1v) is 13.7. The number of piperazine rings is 1. The third-order valence-electron chi connectivity index (χ3n) is 6.57. The lowest BCUT2D eigenvalue weighted by atomic mass is 10.0. The number of fused-ring (bicyclic) bond motifs is 1. The summed E-state index contributed by atoms with van der Waals surface area (Å²) in [5.74, 6) is -1.22. The van der Waals surface area contributed by atoms with Crippen LogP contribution in [0, 0.1) is 6.92 Å². The molecule has 0 unspecified atom stereocenters. The Morgan fingerprint density at radius 3 is 2.42 bits per heavy atom. The molecule has 1 aliphatic heterocycles. The number of aromatic amines is 1. The molecule has 1 fully saturated rings. The molecule has 11 heteroatoms. The Hall–Kier alpha value is -4.22. The summed E-state index contributed by atoms with van der Waals surface area (Å²) >= 11 is 2.99. The van der Waals surface area contributed by atoms with Crippen molar-refractivity contribution in [2.45, 2.75) is 6.92 Å². The molecule has 1 N–H and O–H groups in total. The van der Waals surface area contributed by atoms with Crippen molar-refractivity contribution in [2.75, 3.05) is 26.2 Å². The van der Waals surface area contributed by atoms with Crippen LogP contribution in [0.3, 0.4) is 0 Å². The summed E-state index contributed by atoms with van der Waals surface area (Å²) in [5.41, 5.74) is 3.09. The molecule has 0 radical (unpaired) electrons. The van der Waals surface area contributed by atoms with Gasteiger partial charge in [0.15, 0.2) is 10.0 Å². The van der Waals surface area contributed by atoms with Gasteiger partial charge in [0.1, 0.15) is 5.69 Å². The number of thiazole rings is 2. The molecule has 0 saturated carbocycles. The van der Waals surface area contributed by atoms with Crippen LogP contribution in [0.15, 0.2) is 60.5 Å². The van der Waals surface area contributed by atoms with E-state index in [0.29, 0.717) is 53.9 Å². The van der Waals surface area contributed by atoms with Crippen molar-refractivity contribution in [3.63, 3.8) is 0 Å². The number of carbonyl (C=O) groups excluding carboxylic acids is 3. The van der Waals surface area contributed by atoms with Crippen LogP contribution in [-0.4, -0.2) is 73.5 Å². The maximum atomic E-state index is 13.4. The molecule has 190 valence electrons. The molecule has 1 aliphatic rings. The van der Waals surface area contributed by atoms with E-state index in [4.69, 9.17) is 0 Å². The van der Waals surface area contributed by atoms with Gasteiger partial charge in [-0.15, -0.1) is 22.7 Å². The van der Waals surface area contributed by atoms with Gasteiger partial charge in [-0.05, 0) is 24.6 Å². The van der Waals surface area contributed by atoms with Gasteiger partial charge in [-0.2, -0.15) is 0 Å². The van der Waals surface area contributed by atoms with Gasteiger partial charge < -0.3 is 14.8 Å². The fraction of sp³-hybridized carbons (Fsp3) is 0.185. The number of Topliss-reactive ketones (excluding diaryl/α,β-unsaturated/α-hetero) is 1. The standard InChI is InChI=1S/C27H22N6O3S2/c1-16-13-29-21(19-15-31-25(38-19)24-28-7-12-37-24)22-20(16)18(14-30-22)23(34)27(36)33-10-8-32(9-11-33)26(35)17-5-3-2-4-6-17/h2-7,12-15,30H,8-11H2,1H3. The number of hydrogen-bond donors (Lipinski definition) is 1. The van der Waals surface area contributed by atoms with Gasteiger partial charge in [-0.3, -0.25) is 19.4 Å². The van der Waals surface area contributed by atoms with Crippen molar-refractivity contribution < 1.29 is 14.4 Å². The highest BCUT2D eigenvalue weighted by molar-refractivity contribution is 7.22. The average molecular weight is 543 g/mol. The van der Waals surface area contributed by atoms with E-state index in [1.54, 1.807) is 41.8 Å². The Balaban J connectivity index is 1.22. The van der Waals surface area contributed by atoms with Gasteiger partial charge in [0, 0.05) is 67.3 Å². The fourth-order valence-electron chi connectivity index (χ4n) is 4.62. The minimum atomic E-state index is -0.577. The normalized spacial score (nSPS) is 13.7. The summed E-state index contributed by atoms with van der Waals surface area (Å²) in [6, 6.07) is 9.06. The molecule has 9 nitrogen and oxygen atoms in total. The van der Waals surface area contributed by atoms with Crippen molar-refractivity contribution in [1.29, 1.82) is 0 Å². The number of aromatic nitrogens is 4. The highest BCUT2D eigenvalue weighted by Gasteiger charge is 2.31. The van der Waals surface area contributed by atoms with Gasteiger partial charge in [0.2, 0.25) is 0 Å². The number of hydrogen-bond acceptors (Lipinski definition) is 8. The molecule has 0 aliphatic carbocycles. The fourth-order valence-corrected chi connectivity index (χ4v) is 6.23. The monoisotopic (exact) mass is 542 g/mol. The van der Waals surface area contributed by atoms with E-state index in [0.717, 1.165) is 20.5 Å². The minimum Gasteiger partial charge on any atom is -0.359 e. The van der Waals surface area contributed by atoms with E-state index >= 15 is 0 Å². The van der Waals surface area contributed by atoms with Crippen LogP contribution in [0.25, 0.3) is 31.5 Å².